The van der Waals surface area contributed by atoms with Gasteiger partial charge in [0.05, 0.1) is 12.0 Å². The maximum absolute atomic E-state index is 5.46. The van der Waals surface area contributed by atoms with Crippen molar-refractivity contribution >= 4 is 0 Å². The molecule has 0 radical (unpaired) electrons. The van der Waals surface area contributed by atoms with E-state index in [2.05, 4.69) is 23.4 Å². The molecule has 1 aliphatic carbocycles. The summed E-state index contributed by atoms with van der Waals surface area (Å²) >= 11 is 0. The number of nitrogens with two attached hydrogens (primary N) is 1. The molecule has 0 spiro atoms. The predicted molar refractivity (Wildman–Crippen MR) is 55.8 cm³/mol. The van der Waals surface area contributed by atoms with Crippen molar-refractivity contribution in [2.24, 2.45) is 5.73 Å². The summed E-state index contributed by atoms with van der Waals surface area (Å²) in [6, 6.07) is 0. The lowest BCUT2D eigenvalue weighted by Crippen LogP contribution is -2.27. The minimum atomic E-state index is 0.387. The molecule has 1 aromatic heterocycles. The largest absolute Gasteiger partial charge is 0.336 e. The molecule has 0 aromatic carbocycles. The smallest absolute Gasteiger partial charge is 0.0950 e. The molecule has 4 heteroatoms. The highest BCUT2D eigenvalue weighted by atomic mass is 15.1. The second-order valence-electron chi connectivity index (χ2n) is 4.31. The van der Waals surface area contributed by atoms with Crippen molar-refractivity contribution < 1.29 is 0 Å². The summed E-state index contributed by atoms with van der Waals surface area (Å²) in [4.78, 5) is 4.31. The van der Waals surface area contributed by atoms with E-state index in [-0.39, 0.29) is 0 Å². The summed E-state index contributed by atoms with van der Waals surface area (Å²) in [7, 11) is 0. The Bertz CT molecular complexity index is 301. The highest BCUT2D eigenvalue weighted by Crippen LogP contribution is 2.34. The number of rotatable bonds is 5. The van der Waals surface area contributed by atoms with Crippen molar-refractivity contribution in [1.29, 1.82) is 0 Å². The molecule has 0 unspecified atom stereocenters. The molecule has 1 aliphatic rings. The van der Waals surface area contributed by atoms with E-state index in [4.69, 9.17) is 5.73 Å². The van der Waals surface area contributed by atoms with Crippen LogP contribution in [0.1, 0.15) is 25.5 Å². The van der Waals surface area contributed by atoms with Gasteiger partial charge < -0.3 is 15.6 Å². The van der Waals surface area contributed by atoms with Crippen molar-refractivity contribution in [2.75, 3.05) is 6.54 Å². The topological polar surface area (TPSA) is 55.9 Å². The Hall–Kier alpha value is -0.870. The normalized spacial score (nSPS) is 18.4. The summed E-state index contributed by atoms with van der Waals surface area (Å²) in [6.45, 7) is 4.64. The van der Waals surface area contributed by atoms with Gasteiger partial charge in [-0.1, -0.05) is 0 Å². The van der Waals surface area contributed by atoms with Crippen molar-refractivity contribution in [3.8, 4) is 0 Å². The van der Waals surface area contributed by atoms with E-state index in [0.717, 1.165) is 18.8 Å². The summed E-state index contributed by atoms with van der Waals surface area (Å²) in [5.74, 6) is 0. The van der Waals surface area contributed by atoms with Crippen LogP contribution in [0.3, 0.4) is 0 Å². The molecule has 3 N–H and O–H groups in total. The quantitative estimate of drug-likeness (QED) is 0.717. The van der Waals surface area contributed by atoms with Crippen molar-refractivity contribution in [3.05, 3.63) is 18.2 Å². The van der Waals surface area contributed by atoms with Crippen molar-refractivity contribution in [3.63, 3.8) is 0 Å². The zero-order valence-corrected chi connectivity index (χ0v) is 8.66. The van der Waals surface area contributed by atoms with Crippen LogP contribution in [0, 0.1) is 0 Å². The monoisotopic (exact) mass is 194 g/mol. The molecule has 78 valence electrons. The van der Waals surface area contributed by atoms with Crippen LogP contribution in [0.5, 0.6) is 0 Å². The van der Waals surface area contributed by atoms with Crippen LogP contribution in [-0.4, -0.2) is 21.6 Å². The third-order valence-electron chi connectivity index (χ3n) is 2.77. The van der Waals surface area contributed by atoms with Gasteiger partial charge in [0.1, 0.15) is 0 Å². The second-order valence-corrected chi connectivity index (χ2v) is 4.31. The Morgan fingerprint density at radius 2 is 2.43 bits per heavy atom. The summed E-state index contributed by atoms with van der Waals surface area (Å²) in [6.07, 6.45) is 6.48. The van der Waals surface area contributed by atoms with Gasteiger partial charge in [0.25, 0.3) is 0 Å². The van der Waals surface area contributed by atoms with E-state index >= 15 is 0 Å². The fraction of sp³-hybridized carbons (Fsp3) is 0.700. The lowest BCUT2D eigenvalue weighted by atomic mass is 10.3. The molecule has 2 rings (SSSR count). The molecule has 0 aliphatic heterocycles. The predicted octanol–water partition coefficient (Wildman–Crippen LogP) is 0.484. The van der Waals surface area contributed by atoms with Crippen molar-refractivity contribution in [1.82, 2.24) is 14.9 Å². The average molecular weight is 194 g/mol. The third-order valence-corrected chi connectivity index (χ3v) is 2.77. The minimum absolute atomic E-state index is 0.387. The molecule has 0 atom stereocenters. The van der Waals surface area contributed by atoms with E-state index in [1.54, 1.807) is 0 Å². The standard InChI is InChI=1S/C10H18N4/c1-10(2-3-10)13-6-9-7-14(5-4-11)8-12-9/h7-8,13H,2-6,11H2,1H3. The fourth-order valence-electron chi connectivity index (χ4n) is 1.44. The van der Waals surface area contributed by atoms with Crippen LogP contribution in [0.4, 0.5) is 0 Å². The van der Waals surface area contributed by atoms with E-state index < -0.39 is 0 Å². The molecule has 1 fully saturated rings. The van der Waals surface area contributed by atoms with E-state index in [1.165, 1.54) is 12.8 Å². The first-order chi connectivity index (χ1) is 6.72. The summed E-state index contributed by atoms with van der Waals surface area (Å²) in [5.41, 5.74) is 6.95. The molecular formula is C10H18N4. The minimum Gasteiger partial charge on any atom is -0.336 e. The molecule has 14 heavy (non-hydrogen) atoms. The first kappa shape index (κ1) is 9.68. The van der Waals surface area contributed by atoms with Crippen LogP contribution in [-0.2, 0) is 13.1 Å². The number of imidazole rings is 1. The Kier molecular flexibility index (Phi) is 2.56. The number of nitrogens with zero attached hydrogens (tertiary/aromatic N) is 2. The number of hydrogen-bond donors (Lipinski definition) is 2. The maximum atomic E-state index is 5.46. The van der Waals surface area contributed by atoms with Crippen LogP contribution < -0.4 is 11.1 Å². The summed E-state index contributed by atoms with van der Waals surface area (Å²) < 4.78 is 2.03. The molecule has 0 amide bonds. The van der Waals surface area contributed by atoms with Gasteiger partial charge >= 0.3 is 0 Å². The zero-order chi connectivity index (χ0) is 10.0. The molecule has 1 aromatic rings. The van der Waals surface area contributed by atoms with E-state index in [9.17, 15) is 0 Å². The SMILES string of the molecule is CC1(NCc2cn(CCN)cn2)CC1. The first-order valence-electron chi connectivity index (χ1n) is 5.18. The first-order valence-corrected chi connectivity index (χ1v) is 5.18. The molecule has 4 nitrogen and oxygen atoms in total. The van der Waals surface area contributed by atoms with Gasteiger partial charge in [0.2, 0.25) is 0 Å². The van der Waals surface area contributed by atoms with E-state index in [0.29, 0.717) is 12.1 Å². The fourth-order valence-corrected chi connectivity index (χ4v) is 1.44. The van der Waals surface area contributed by atoms with Crippen LogP contribution in [0.25, 0.3) is 0 Å². The van der Waals surface area contributed by atoms with Gasteiger partial charge in [-0.2, -0.15) is 0 Å². The molecule has 1 saturated carbocycles. The average Bonchev–Trinajstić information content (AvgIpc) is 2.74. The van der Waals surface area contributed by atoms with Crippen LogP contribution >= 0.6 is 0 Å². The zero-order valence-electron chi connectivity index (χ0n) is 8.66. The van der Waals surface area contributed by atoms with E-state index in [1.807, 2.05) is 10.9 Å². The number of hydrogen-bond acceptors (Lipinski definition) is 3. The Morgan fingerprint density at radius 3 is 3.07 bits per heavy atom. The van der Waals surface area contributed by atoms with Gasteiger partial charge in [0.15, 0.2) is 0 Å². The molecular weight excluding hydrogens is 176 g/mol. The van der Waals surface area contributed by atoms with Gasteiger partial charge in [-0.15, -0.1) is 0 Å². The lowest BCUT2D eigenvalue weighted by Gasteiger charge is -2.08. The highest BCUT2D eigenvalue weighted by molar-refractivity contribution is 5.02. The third kappa shape index (κ3) is 2.33. The van der Waals surface area contributed by atoms with Crippen molar-refractivity contribution in [2.45, 2.75) is 38.4 Å². The molecule has 0 saturated heterocycles. The highest BCUT2D eigenvalue weighted by Gasteiger charge is 2.36. The van der Waals surface area contributed by atoms with Gasteiger partial charge in [-0.05, 0) is 19.8 Å². The number of nitrogens with one attached hydrogen (secondary N) is 1. The Balaban J connectivity index is 1.83. The lowest BCUT2D eigenvalue weighted by molar-refractivity contribution is 0.532. The Labute approximate surface area is 84.5 Å². The van der Waals surface area contributed by atoms with Gasteiger partial charge in [-0.25, -0.2) is 4.98 Å². The molecule has 0 bridgehead atoms. The van der Waals surface area contributed by atoms with Crippen LogP contribution in [0.15, 0.2) is 12.5 Å². The Morgan fingerprint density at radius 1 is 1.64 bits per heavy atom. The van der Waals surface area contributed by atoms with Gasteiger partial charge in [0, 0.05) is 31.4 Å². The van der Waals surface area contributed by atoms with Gasteiger partial charge in [-0.3, -0.25) is 0 Å². The maximum Gasteiger partial charge on any atom is 0.0950 e. The summed E-state index contributed by atoms with van der Waals surface area (Å²) in [5, 5.41) is 3.50. The number of aromatic nitrogens is 2. The second kappa shape index (κ2) is 3.71. The molecule has 1 heterocycles. The van der Waals surface area contributed by atoms with Crippen LogP contribution in [0.2, 0.25) is 0 Å².